The van der Waals surface area contributed by atoms with E-state index in [4.69, 9.17) is 0 Å². The van der Waals surface area contributed by atoms with Crippen LogP contribution in [0.4, 0.5) is 42.1 Å². The zero-order chi connectivity index (χ0) is 29.6. The van der Waals surface area contributed by atoms with Crippen LogP contribution in [-0.2, 0) is 21.9 Å². The van der Waals surface area contributed by atoms with Crippen molar-refractivity contribution in [2.45, 2.75) is 52.1 Å². The molecule has 2 amide bonds. The maximum atomic E-state index is 13.9. The molecule has 1 N–H and O–H groups in total. The average molecular weight is 574 g/mol. The number of nitrogens with zero attached hydrogens (tertiary/aromatic N) is 2. The molecule has 0 saturated carbocycles. The summed E-state index contributed by atoms with van der Waals surface area (Å²) in [5, 5.41) is 2.28. The topological polar surface area (TPSA) is 52.6 Å². The zero-order valence-corrected chi connectivity index (χ0v) is 22.2. The number of rotatable bonds is 5. The molecule has 0 aliphatic carbocycles. The monoisotopic (exact) mass is 573 g/mol. The van der Waals surface area contributed by atoms with Crippen LogP contribution in [0.1, 0.15) is 42.0 Å². The minimum absolute atomic E-state index is 0.0169. The fourth-order valence-electron chi connectivity index (χ4n) is 5.66. The number of carbonyl (C=O) groups is 2. The van der Waals surface area contributed by atoms with Crippen LogP contribution in [0.15, 0.2) is 36.4 Å². The maximum Gasteiger partial charge on any atom is 0.416 e. The molecule has 2 fully saturated rings. The Balaban J connectivity index is 1.76. The van der Waals surface area contributed by atoms with Gasteiger partial charge in [-0.15, -0.1) is 0 Å². The molecule has 0 aromatic heterocycles. The summed E-state index contributed by atoms with van der Waals surface area (Å²) in [6.45, 7) is 5.55. The summed E-state index contributed by atoms with van der Waals surface area (Å²) in [5.74, 6) is -2.24. The first-order valence-corrected chi connectivity index (χ1v) is 12.9. The number of amides is 2. The molecular weight excluding hydrogens is 543 g/mol. The Kier molecular flexibility index (Phi) is 7.96. The van der Waals surface area contributed by atoms with E-state index in [1.165, 1.54) is 11.8 Å². The molecule has 4 rings (SSSR count). The number of piperidine rings is 1. The van der Waals surface area contributed by atoms with Crippen molar-refractivity contribution in [2.75, 3.05) is 36.4 Å². The Morgan fingerprint density at radius 1 is 0.975 bits per heavy atom. The third kappa shape index (κ3) is 5.82. The molecule has 40 heavy (non-hydrogen) atoms. The molecule has 12 heteroatoms. The van der Waals surface area contributed by atoms with Crippen LogP contribution in [0.3, 0.4) is 0 Å². The van der Waals surface area contributed by atoms with Crippen molar-refractivity contribution >= 4 is 23.2 Å². The second kappa shape index (κ2) is 10.7. The predicted octanol–water partition coefficient (Wildman–Crippen LogP) is 6.38. The van der Waals surface area contributed by atoms with Gasteiger partial charge in [0.2, 0.25) is 11.8 Å². The predicted molar refractivity (Wildman–Crippen MR) is 136 cm³/mol. The number of halogens is 7. The van der Waals surface area contributed by atoms with Gasteiger partial charge in [-0.05, 0) is 56.0 Å². The fourth-order valence-corrected chi connectivity index (χ4v) is 5.66. The first-order chi connectivity index (χ1) is 18.5. The summed E-state index contributed by atoms with van der Waals surface area (Å²) in [4.78, 5) is 30.8. The SMILES string of the molecule is Cc1cccc(C)c1N1C[C@@](CN2CCC(F)CC2)(C(=O)Nc2cc(C(F)(F)F)cc(C(F)(F)F)c2)[C@H](C)C1=O. The third-order valence-electron chi connectivity index (χ3n) is 7.94. The summed E-state index contributed by atoms with van der Waals surface area (Å²) in [5.41, 5.74) is -3.23. The van der Waals surface area contributed by atoms with E-state index in [0.29, 0.717) is 30.9 Å². The van der Waals surface area contributed by atoms with Gasteiger partial charge in [0.25, 0.3) is 0 Å². The number of hydrogen-bond acceptors (Lipinski definition) is 3. The van der Waals surface area contributed by atoms with Crippen molar-refractivity contribution < 1.29 is 40.3 Å². The molecule has 0 unspecified atom stereocenters. The first kappa shape index (κ1) is 29.8. The Morgan fingerprint density at radius 2 is 1.50 bits per heavy atom. The number of alkyl halides is 7. The minimum atomic E-state index is -5.09. The number of para-hydroxylation sites is 1. The van der Waals surface area contributed by atoms with E-state index in [-0.39, 0.29) is 32.0 Å². The highest BCUT2D eigenvalue weighted by molar-refractivity contribution is 6.08. The highest BCUT2D eigenvalue weighted by Gasteiger charge is 2.56. The highest BCUT2D eigenvalue weighted by Crippen LogP contribution is 2.44. The van der Waals surface area contributed by atoms with Crippen molar-refractivity contribution in [1.29, 1.82) is 0 Å². The van der Waals surface area contributed by atoms with Crippen molar-refractivity contribution in [1.82, 2.24) is 4.90 Å². The van der Waals surface area contributed by atoms with Gasteiger partial charge in [0.1, 0.15) is 6.17 Å². The number of hydrogen-bond donors (Lipinski definition) is 1. The Hall–Kier alpha value is -3.15. The summed E-state index contributed by atoms with van der Waals surface area (Å²) in [6.07, 6.45) is -10.8. The molecule has 218 valence electrons. The standard InChI is InChI=1S/C28H30F7N3O2/c1-16-5-4-6-17(2)23(16)38-15-26(18(3)24(38)39,14-37-9-7-21(29)8-10-37)25(40)36-22-12-19(27(30,31)32)11-20(13-22)28(33,34)35/h4-6,11-13,18,21H,7-10,14-15H2,1-3H3,(H,36,40)/t18-,26-/m1/s1. The molecule has 2 heterocycles. The van der Waals surface area contributed by atoms with Gasteiger partial charge in [0.15, 0.2) is 0 Å². The third-order valence-corrected chi connectivity index (χ3v) is 7.94. The first-order valence-electron chi connectivity index (χ1n) is 12.9. The van der Waals surface area contributed by atoms with Gasteiger partial charge < -0.3 is 15.1 Å². The Labute approximate surface area is 227 Å². The van der Waals surface area contributed by atoms with Crippen LogP contribution >= 0.6 is 0 Å². The molecule has 0 radical (unpaired) electrons. The van der Waals surface area contributed by atoms with E-state index in [1.807, 2.05) is 11.0 Å². The fraction of sp³-hybridized carbons (Fsp3) is 0.500. The van der Waals surface area contributed by atoms with Crippen LogP contribution in [0.2, 0.25) is 0 Å². The Morgan fingerprint density at radius 3 is 2.00 bits per heavy atom. The summed E-state index contributed by atoms with van der Waals surface area (Å²) in [6, 6.07) is 6.28. The molecule has 0 bridgehead atoms. The van der Waals surface area contributed by atoms with Crippen molar-refractivity contribution in [3.05, 3.63) is 58.7 Å². The van der Waals surface area contributed by atoms with Crippen LogP contribution in [0.25, 0.3) is 0 Å². The molecule has 2 aromatic carbocycles. The van der Waals surface area contributed by atoms with E-state index < -0.39 is 58.5 Å². The van der Waals surface area contributed by atoms with Crippen molar-refractivity contribution in [3.63, 3.8) is 0 Å². The lowest BCUT2D eigenvalue weighted by Crippen LogP contribution is -2.52. The number of carbonyl (C=O) groups excluding carboxylic acids is 2. The summed E-state index contributed by atoms with van der Waals surface area (Å²) >= 11 is 0. The smallest absolute Gasteiger partial charge is 0.325 e. The highest BCUT2D eigenvalue weighted by atomic mass is 19.4. The lowest BCUT2D eigenvalue weighted by atomic mass is 9.76. The Bertz CT molecular complexity index is 1230. The van der Waals surface area contributed by atoms with Gasteiger partial charge >= 0.3 is 12.4 Å². The molecule has 5 nitrogen and oxygen atoms in total. The van der Waals surface area contributed by atoms with Crippen LogP contribution in [-0.4, -0.2) is 49.1 Å². The molecule has 2 aromatic rings. The van der Waals surface area contributed by atoms with Gasteiger partial charge in [-0.1, -0.05) is 25.1 Å². The van der Waals surface area contributed by atoms with Crippen molar-refractivity contribution in [2.24, 2.45) is 11.3 Å². The van der Waals surface area contributed by atoms with Gasteiger partial charge in [-0.25, -0.2) is 4.39 Å². The normalized spacial score (nSPS) is 23.1. The lowest BCUT2D eigenvalue weighted by Gasteiger charge is -2.38. The van der Waals surface area contributed by atoms with E-state index in [0.717, 1.165) is 11.1 Å². The lowest BCUT2D eigenvalue weighted by molar-refractivity contribution is -0.143. The van der Waals surface area contributed by atoms with Crippen LogP contribution in [0.5, 0.6) is 0 Å². The molecule has 2 aliphatic heterocycles. The van der Waals surface area contributed by atoms with Crippen molar-refractivity contribution in [3.8, 4) is 0 Å². The largest absolute Gasteiger partial charge is 0.416 e. The van der Waals surface area contributed by atoms with E-state index >= 15 is 0 Å². The number of benzene rings is 2. The van der Waals surface area contributed by atoms with Gasteiger partial charge in [-0.2, -0.15) is 26.3 Å². The average Bonchev–Trinajstić information content (AvgIpc) is 3.10. The molecule has 2 atom stereocenters. The molecule has 0 spiro atoms. The molecule has 2 saturated heterocycles. The van der Waals surface area contributed by atoms with E-state index in [1.54, 1.807) is 26.0 Å². The summed E-state index contributed by atoms with van der Waals surface area (Å²) < 4.78 is 94.5. The number of nitrogens with one attached hydrogen (secondary N) is 1. The summed E-state index contributed by atoms with van der Waals surface area (Å²) in [7, 11) is 0. The number of aryl methyl sites for hydroxylation is 2. The van der Waals surface area contributed by atoms with E-state index in [2.05, 4.69) is 5.32 Å². The van der Waals surface area contributed by atoms with Gasteiger partial charge in [0, 0.05) is 37.6 Å². The van der Waals surface area contributed by atoms with E-state index in [9.17, 15) is 40.3 Å². The zero-order valence-electron chi connectivity index (χ0n) is 22.2. The quantitative estimate of drug-likeness (QED) is 0.423. The second-order valence-electron chi connectivity index (χ2n) is 10.7. The van der Waals surface area contributed by atoms with Gasteiger partial charge in [0.05, 0.1) is 22.5 Å². The second-order valence-corrected chi connectivity index (χ2v) is 10.7. The van der Waals surface area contributed by atoms with Gasteiger partial charge in [-0.3, -0.25) is 9.59 Å². The number of likely N-dealkylation sites (tertiary alicyclic amines) is 1. The molecule has 2 aliphatic rings. The van der Waals surface area contributed by atoms with Crippen LogP contribution in [0, 0.1) is 25.2 Å². The minimum Gasteiger partial charge on any atom is -0.325 e. The maximum absolute atomic E-state index is 13.9. The number of anilines is 2. The molecular formula is C28H30F7N3O2. The van der Waals surface area contributed by atoms with Crippen LogP contribution < -0.4 is 10.2 Å².